The molecule has 0 radical (unpaired) electrons. The van der Waals surface area contributed by atoms with Gasteiger partial charge in [-0.25, -0.2) is 23.0 Å². The van der Waals surface area contributed by atoms with Crippen LogP contribution in [0.5, 0.6) is 0 Å². The van der Waals surface area contributed by atoms with Gasteiger partial charge < -0.3 is 15.1 Å². The van der Waals surface area contributed by atoms with Crippen molar-refractivity contribution in [3.63, 3.8) is 0 Å². The second-order valence-electron chi connectivity index (χ2n) is 10.2. The maximum absolute atomic E-state index is 13.1. The summed E-state index contributed by atoms with van der Waals surface area (Å²) in [4.78, 5) is 27.5. The van der Waals surface area contributed by atoms with Crippen LogP contribution in [-0.2, 0) is 21.2 Å². The predicted octanol–water partition coefficient (Wildman–Crippen LogP) is 5.60. The summed E-state index contributed by atoms with van der Waals surface area (Å²) in [5, 5.41) is 17.0. The Labute approximate surface area is 242 Å². The molecule has 0 amide bonds. The first-order chi connectivity index (χ1) is 19.6. The Morgan fingerprint density at radius 3 is 2.05 bits per heavy atom. The molecule has 0 aliphatic carbocycles. The Bertz CT molecular complexity index is 1510. The summed E-state index contributed by atoms with van der Waals surface area (Å²) in [6, 6.07) is 15.4. The molecule has 1 aliphatic heterocycles. The van der Waals surface area contributed by atoms with E-state index >= 15 is 0 Å². The third-order valence-electron chi connectivity index (χ3n) is 6.75. The van der Waals surface area contributed by atoms with Gasteiger partial charge in [0.05, 0.1) is 16.8 Å². The van der Waals surface area contributed by atoms with Crippen LogP contribution in [0.3, 0.4) is 0 Å². The second kappa shape index (κ2) is 13.2. The summed E-state index contributed by atoms with van der Waals surface area (Å²) in [5.41, 5.74) is 3.68. The first kappa shape index (κ1) is 32.4. The third kappa shape index (κ3) is 8.44. The minimum atomic E-state index is -5.08. The number of rotatable bonds is 7. The molecule has 0 unspecified atom stereocenters. The zero-order chi connectivity index (χ0) is 31.2. The number of aromatic carboxylic acids is 1. The number of aromatic nitrogens is 1. The molecule has 1 aliphatic rings. The van der Waals surface area contributed by atoms with E-state index in [2.05, 4.69) is 21.8 Å². The number of carboxylic acids is 2. The van der Waals surface area contributed by atoms with Gasteiger partial charge in [-0.15, -0.1) is 0 Å². The van der Waals surface area contributed by atoms with Crippen molar-refractivity contribution in [3.8, 4) is 0 Å². The van der Waals surface area contributed by atoms with Gasteiger partial charge in [-0.3, -0.25) is 4.72 Å². The zero-order valence-corrected chi connectivity index (χ0v) is 24.1. The highest BCUT2D eigenvalue weighted by Crippen LogP contribution is 2.30. The van der Waals surface area contributed by atoms with E-state index in [0.717, 1.165) is 24.8 Å². The molecule has 2 heterocycles. The van der Waals surface area contributed by atoms with Crippen LogP contribution in [-0.4, -0.2) is 54.8 Å². The van der Waals surface area contributed by atoms with Crippen LogP contribution in [0.15, 0.2) is 59.6 Å². The van der Waals surface area contributed by atoms with Gasteiger partial charge in [-0.1, -0.05) is 48.0 Å². The SMILES string of the molecule is Cc1cc(C)c(S(=O)(=O)Nc2cnc(N3CCC(Cc4ccccc4)CC3)c(C(=O)O)c2)c(C)c1.O=C(O)C(F)(F)F. The maximum atomic E-state index is 13.1. The third-order valence-corrected chi connectivity index (χ3v) is 8.43. The molecule has 42 heavy (non-hydrogen) atoms. The number of benzene rings is 2. The summed E-state index contributed by atoms with van der Waals surface area (Å²) in [5.74, 6) is -2.98. The smallest absolute Gasteiger partial charge is 0.478 e. The van der Waals surface area contributed by atoms with Crippen LogP contribution in [0, 0.1) is 26.7 Å². The number of nitrogens with one attached hydrogen (secondary N) is 1. The first-order valence-corrected chi connectivity index (χ1v) is 14.5. The lowest BCUT2D eigenvalue weighted by Gasteiger charge is -2.33. The predicted molar refractivity (Wildman–Crippen MR) is 151 cm³/mol. The van der Waals surface area contributed by atoms with Gasteiger partial charge >= 0.3 is 18.1 Å². The molecule has 1 saturated heterocycles. The topological polar surface area (TPSA) is 137 Å². The number of carboxylic acid groups (broad SMARTS) is 2. The van der Waals surface area contributed by atoms with Gasteiger partial charge in [0.1, 0.15) is 11.4 Å². The van der Waals surface area contributed by atoms with E-state index in [-0.39, 0.29) is 16.1 Å². The van der Waals surface area contributed by atoms with Crippen LogP contribution in [0.25, 0.3) is 0 Å². The number of aryl methyl sites for hydroxylation is 3. The fourth-order valence-electron chi connectivity index (χ4n) is 5.02. The van der Waals surface area contributed by atoms with Crippen LogP contribution in [0.2, 0.25) is 0 Å². The van der Waals surface area contributed by atoms with E-state index < -0.39 is 28.1 Å². The van der Waals surface area contributed by atoms with E-state index in [1.165, 1.54) is 17.8 Å². The lowest BCUT2D eigenvalue weighted by molar-refractivity contribution is -0.192. The number of hydrogen-bond acceptors (Lipinski definition) is 6. The first-order valence-electron chi connectivity index (χ1n) is 13.0. The van der Waals surface area contributed by atoms with Crippen molar-refractivity contribution in [2.45, 2.75) is 51.1 Å². The van der Waals surface area contributed by atoms with Crippen molar-refractivity contribution < 1.29 is 41.4 Å². The minimum absolute atomic E-state index is 0.0101. The van der Waals surface area contributed by atoms with Gasteiger partial charge in [0, 0.05) is 13.1 Å². The highest BCUT2D eigenvalue weighted by Gasteiger charge is 2.38. The summed E-state index contributed by atoms with van der Waals surface area (Å²) >= 11 is 0. The van der Waals surface area contributed by atoms with E-state index in [4.69, 9.17) is 9.90 Å². The average molecular weight is 608 g/mol. The fraction of sp³-hybridized carbons (Fsp3) is 0.345. The molecule has 1 fully saturated rings. The number of hydrogen-bond donors (Lipinski definition) is 3. The van der Waals surface area contributed by atoms with Crippen molar-refractivity contribution in [2.75, 3.05) is 22.7 Å². The van der Waals surface area contributed by atoms with Crippen LogP contribution >= 0.6 is 0 Å². The van der Waals surface area contributed by atoms with Gasteiger partial charge in [0.15, 0.2) is 0 Å². The van der Waals surface area contributed by atoms with E-state index in [0.29, 0.717) is 36.0 Å². The number of anilines is 2. The molecule has 0 atom stereocenters. The van der Waals surface area contributed by atoms with Crippen molar-refractivity contribution in [1.29, 1.82) is 0 Å². The molecule has 0 bridgehead atoms. The van der Waals surface area contributed by atoms with Crippen molar-refractivity contribution in [3.05, 3.63) is 82.5 Å². The highest BCUT2D eigenvalue weighted by atomic mass is 32.2. The molecule has 0 saturated carbocycles. The molecule has 13 heteroatoms. The number of aliphatic carboxylic acids is 1. The Morgan fingerprint density at radius 2 is 1.55 bits per heavy atom. The number of pyridine rings is 1. The summed E-state index contributed by atoms with van der Waals surface area (Å²) < 4.78 is 60.5. The Morgan fingerprint density at radius 1 is 1.00 bits per heavy atom. The van der Waals surface area contributed by atoms with Crippen LogP contribution in [0.1, 0.15) is 45.5 Å². The molecule has 2 aromatic carbocycles. The molecule has 4 rings (SSSR count). The molecule has 3 aromatic rings. The van der Waals surface area contributed by atoms with Gasteiger partial charge in [-0.05, 0) is 68.7 Å². The summed E-state index contributed by atoms with van der Waals surface area (Å²) in [6.45, 7) is 6.82. The van der Waals surface area contributed by atoms with Gasteiger partial charge in [0.2, 0.25) is 0 Å². The maximum Gasteiger partial charge on any atom is 0.490 e. The quantitative estimate of drug-likeness (QED) is 0.316. The van der Waals surface area contributed by atoms with Crippen LogP contribution < -0.4 is 9.62 Å². The fourth-order valence-corrected chi connectivity index (χ4v) is 6.51. The van der Waals surface area contributed by atoms with Crippen molar-refractivity contribution >= 4 is 33.5 Å². The van der Waals surface area contributed by atoms with Crippen molar-refractivity contribution in [1.82, 2.24) is 4.98 Å². The van der Waals surface area contributed by atoms with Crippen LogP contribution in [0.4, 0.5) is 24.7 Å². The average Bonchev–Trinajstić information content (AvgIpc) is 2.88. The minimum Gasteiger partial charge on any atom is -0.478 e. The molecule has 226 valence electrons. The van der Waals surface area contributed by atoms with E-state index in [1.807, 2.05) is 42.2 Å². The number of carbonyl (C=O) groups is 2. The standard InChI is InChI=1S/C27H31N3O4S.C2HF3O2/c1-18-13-19(2)25(20(3)14-18)35(33,34)29-23-16-24(27(31)32)26(28-17-23)30-11-9-22(10-12-30)15-21-7-5-4-6-8-21;3-2(4,5)1(6)7/h4-8,13-14,16-17,22,29H,9-12,15H2,1-3H3,(H,31,32);(H,6,7). The number of alkyl halides is 3. The normalized spacial score (nSPS) is 14.1. The van der Waals surface area contributed by atoms with Gasteiger partial charge in [0.25, 0.3) is 10.0 Å². The van der Waals surface area contributed by atoms with Gasteiger partial charge in [-0.2, -0.15) is 13.2 Å². The highest BCUT2D eigenvalue weighted by molar-refractivity contribution is 7.92. The monoisotopic (exact) mass is 607 g/mol. The summed E-state index contributed by atoms with van der Waals surface area (Å²) in [6.07, 6.45) is -0.799. The molecular weight excluding hydrogens is 575 g/mol. The summed E-state index contributed by atoms with van der Waals surface area (Å²) in [7, 11) is -3.91. The number of halogens is 3. The van der Waals surface area contributed by atoms with Crippen molar-refractivity contribution in [2.24, 2.45) is 5.92 Å². The van der Waals surface area contributed by atoms with E-state index in [9.17, 15) is 31.5 Å². The molecule has 1 aromatic heterocycles. The number of nitrogens with zero attached hydrogens (tertiary/aromatic N) is 2. The number of sulfonamides is 1. The molecular formula is C29H32F3N3O6S. The lowest BCUT2D eigenvalue weighted by Crippen LogP contribution is -2.36. The molecule has 9 nitrogen and oxygen atoms in total. The Balaban J connectivity index is 0.000000616. The Hall–Kier alpha value is -4.13. The Kier molecular flexibility index (Phi) is 10.2. The second-order valence-corrected chi connectivity index (χ2v) is 11.8. The zero-order valence-electron chi connectivity index (χ0n) is 23.3. The lowest BCUT2D eigenvalue weighted by atomic mass is 9.90. The molecule has 3 N–H and O–H groups in total. The largest absolute Gasteiger partial charge is 0.490 e. The number of piperidine rings is 1. The van der Waals surface area contributed by atoms with E-state index in [1.54, 1.807) is 13.8 Å². The molecule has 0 spiro atoms.